The van der Waals surface area contributed by atoms with E-state index >= 15 is 0 Å². The Balaban J connectivity index is 2.51. The molecule has 15 heavy (non-hydrogen) atoms. The molecular formula is C11H14N4. The van der Waals surface area contributed by atoms with E-state index in [1.165, 1.54) is 0 Å². The summed E-state index contributed by atoms with van der Waals surface area (Å²) in [6, 6.07) is 5.82. The van der Waals surface area contributed by atoms with E-state index in [2.05, 4.69) is 4.98 Å². The van der Waals surface area contributed by atoms with E-state index in [4.69, 9.17) is 11.5 Å². The van der Waals surface area contributed by atoms with Crippen LogP contribution in [0.3, 0.4) is 0 Å². The molecule has 1 aromatic carbocycles. The van der Waals surface area contributed by atoms with Gasteiger partial charge in [-0.2, -0.15) is 0 Å². The van der Waals surface area contributed by atoms with Crippen LogP contribution in [-0.4, -0.2) is 9.55 Å². The monoisotopic (exact) mass is 202 g/mol. The molecule has 0 saturated carbocycles. The topological polar surface area (TPSA) is 69.9 Å². The number of hydrogen-bond donors (Lipinski definition) is 2. The lowest BCUT2D eigenvalue weighted by Crippen LogP contribution is -2.03. The Bertz CT molecular complexity index is 473. The maximum absolute atomic E-state index is 5.79. The third-order valence-electron chi connectivity index (χ3n) is 2.45. The van der Waals surface area contributed by atoms with Gasteiger partial charge >= 0.3 is 0 Å². The second-order valence-electron chi connectivity index (χ2n) is 3.49. The molecule has 2 aromatic rings. The fraction of sp³-hybridized carbons (Fsp3) is 0.182. The number of hydrogen-bond acceptors (Lipinski definition) is 3. The summed E-state index contributed by atoms with van der Waals surface area (Å²) in [4.78, 5) is 4.08. The molecular weight excluding hydrogens is 188 g/mol. The van der Waals surface area contributed by atoms with E-state index in [-0.39, 0.29) is 0 Å². The Morgan fingerprint density at radius 3 is 2.80 bits per heavy atom. The van der Waals surface area contributed by atoms with Gasteiger partial charge in [-0.1, -0.05) is 0 Å². The highest BCUT2D eigenvalue weighted by molar-refractivity contribution is 5.53. The van der Waals surface area contributed by atoms with Gasteiger partial charge in [0.1, 0.15) is 0 Å². The molecule has 0 atom stereocenters. The molecule has 0 aliphatic heterocycles. The number of nitrogen functional groups attached to an aromatic ring is 1. The lowest BCUT2D eigenvalue weighted by atomic mass is 10.1. The van der Waals surface area contributed by atoms with Crippen LogP contribution in [-0.2, 0) is 6.54 Å². The molecule has 78 valence electrons. The fourth-order valence-electron chi connectivity index (χ4n) is 1.55. The summed E-state index contributed by atoms with van der Waals surface area (Å²) in [5.41, 5.74) is 15.2. The first kappa shape index (κ1) is 9.73. The summed E-state index contributed by atoms with van der Waals surface area (Å²) >= 11 is 0. The zero-order valence-corrected chi connectivity index (χ0v) is 8.64. The molecule has 0 bridgehead atoms. The molecule has 0 aliphatic carbocycles. The van der Waals surface area contributed by atoms with Crippen LogP contribution in [0.5, 0.6) is 0 Å². The van der Waals surface area contributed by atoms with Gasteiger partial charge in [-0.3, -0.25) is 0 Å². The molecule has 2 rings (SSSR count). The molecule has 0 spiro atoms. The number of benzene rings is 1. The van der Waals surface area contributed by atoms with Crippen molar-refractivity contribution in [1.29, 1.82) is 0 Å². The predicted molar refractivity (Wildman–Crippen MR) is 60.6 cm³/mol. The Kier molecular flexibility index (Phi) is 2.43. The molecule has 4 nitrogen and oxygen atoms in total. The molecule has 0 unspecified atom stereocenters. The van der Waals surface area contributed by atoms with Crippen molar-refractivity contribution < 1.29 is 0 Å². The van der Waals surface area contributed by atoms with E-state index < -0.39 is 0 Å². The van der Waals surface area contributed by atoms with Gasteiger partial charge in [0.2, 0.25) is 0 Å². The Morgan fingerprint density at radius 1 is 1.40 bits per heavy atom. The van der Waals surface area contributed by atoms with Crippen molar-refractivity contribution in [2.45, 2.75) is 13.5 Å². The number of nitrogens with two attached hydrogens (primary N) is 2. The van der Waals surface area contributed by atoms with E-state index in [1.54, 1.807) is 6.33 Å². The molecule has 4 N–H and O–H groups in total. The number of aromatic nitrogens is 2. The lowest BCUT2D eigenvalue weighted by molar-refractivity contribution is 0.990. The third kappa shape index (κ3) is 1.71. The van der Waals surface area contributed by atoms with E-state index in [1.807, 2.05) is 35.9 Å². The van der Waals surface area contributed by atoms with Crippen molar-refractivity contribution in [1.82, 2.24) is 9.55 Å². The zero-order valence-electron chi connectivity index (χ0n) is 8.64. The van der Waals surface area contributed by atoms with E-state index in [0.717, 1.165) is 22.6 Å². The zero-order chi connectivity index (χ0) is 10.8. The second kappa shape index (κ2) is 3.74. The van der Waals surface area contributed by atoms with Crippen molar-refractivity contribution in [3.63, 3.8) is 0 Å². The standard InChI is InChI=1S/C11H14N4/c1-8-6-14-7-15(8)10-2-3-11(13)9(4-10)5-12/h2-4,6-7H,5,12-13H2,1H3. The maximum atomic E-state index is 5.79. The van der Waals surface area contributed by atoms with E-state index in [0.29, 0.717) is 6.54 Å². The van der Waals surface area contributed by atoms with Gasteiger partial charge in [-0.15, -0.1) is 0 Å². The summed E-state index contributed by atoms with van der Waals surface area (Å²) in [7, 11) is 0. The third-order valence-corrected chi connectivity index (χ3v) is 2.45. The minimum absolute atomic E-state index is 0.452. The number of rotatable bonds is 2. The number of aryl methyl sites for hydroxylation is 1. The van der Waals surface area contributed by atoms with Gasteiger partial charge in [-0.05, 0) is 30.7 Å². The van der Waals surface area contributed by atoms with Crippen LogP contribution in [0.25, 0.3) is 5.69 Å². The molecule has 0 fully saturated rings. The molecule has 4 heteroatoms. The van der Waals surface area contributed by atoms with Crippen molar-refractivity contribution in [2.75, 3.05) is 5.73 Å². The number of nitrogens with zero attached hydrogens (tertiary/aromatic N) is 2. The minimum Gasteiger partial charge on any atom is -0.398 e. The van der Waals surface area contributed by atoms with Crippen LogP contribution >= 0.6 is 0 Å². The van der Waals surface area contributed by atoms with Gasteiger partial charge in [-0.25, -0.2) is 4.98 Å². The minimum atomic E-state index is 0.452. The van der Waals surface area contributed by atoms with Crippen molar-refractivity contribution in [2.24, 2.45) is 5.73 Å². The Morgan fingerprint density at radius 2 is 2.20 bits per heavy atom. The Labute approximate surface area is 88.5 Å². The molecule has 0 aliphatic rings. The van der Waals surface area contributed by atoms with Gasteiger partial charge in [0.05, 0.1) is 6.33 Å². The van der Waals surface area contributed by atoms with Crippen LogP contribution in [0, 0.1) is 6.92 Å². The summed E-state index contributed by atoms with van der Waals surface area (Å²) in [5, 5.41) is 0. The quantitative estimate of drug-likeness (QED) is 0.719. The fourth-order valence-corrected chi connectivity index (χ4v) is 1.55. The average Bonchev–Trinajstić information content (AvgIpc) is 2.65. The van der Waals surface area contributed by atoms with Crippen molar-refractivity contribution >= 4 is 5.69 Å². The summed E-state index contributed by atoms with van der Waals surface area (Å²) in [6.45, 7) is 2.46. The van der Waals surface area contributed by atoms with E-state index in [9.17, 15) is 0 Å². The predicted octanol–water partition coefficient (Wildman–Crippen LogP) is 1.22. The highest BCUT2D eigenvalue weighted by Gasteiger charge is 2.03. The average molecular weight is 202 g/mol. The first-order valence-corrected chi connectivity index (χ1v) is 4.80. The van der Waals surface area contributed by atoms with Crippen LogP contribution in [0.15, 0.2) is 30.7 Å². The van der Waals surface area contributed by atoms with Crippen molar-refractivity contribution in [3.05, 3.63) is 42.0 Å². The van der Waals surface area contributed by atoms with Gasteiger partial charge in [0, 0.05) is 29.8 Å². The number of anilines is 1. The van der Waals surface area contributed by atoms with Crippen LogP contribution in [0.4, 0.5) is 5.69 Å². The normalized spacial score (nSPS) is 10.5. The smallest absolute Gasteiger partial charge is 0.0994 e. The first-order valence-electron chi connectivity index (χ1n) is 4.80. The van der Waals surface area contributed by atoms with Gasteiger partial charge in [0.15, 0.2) is 0 Å². The molecule has 1 heterocycles. The van der Waals surface area contributed by atoms with Gasteiger partial charge in [0.25, 0.3) is 0 Å². The SMILES string of the molecule is Cc1cncn1-c1ccc(N)c(CN)c1. The van der Waals surface area contributed by atoms with Crippen LogP contribution < -0.4 is 11.5 Å². The summed E-state index contributed by atoms with van der Waals surface area (Å²) in [6.07, 6.45) is 3.60. The largest absolute Gasteiger partial charge is 0.398 e. The molecule has 0 amide bonds. The first-order chi connectivity index (χ1) is 7.22. The Hall–Kier alpha value is -1.81. The highest BCUT2D eigenvalue weighted by atomic mass is 15.0. The van der Waals surface area contributed by atoms with Crippen LogP contribution in [0.1, 0.15) is 11.3 Å². The van der Waals surface area contributed by atoms with Gasteiger partial charge < -0.3 is 16.0 Å². The lowest BCUT2D eigenvalue weighted by Gasteiger charge is -2.08. The van der Waals surface area contributed by atoms with Crippen LogP contribution in [0.2, 0.25) is 0 Å². The summed E-state index contributed by atoms with van der Waals surface area (Å²) in [5.74, 6) is 0. The molecule has 0 radical (unpaired) electrons. The number of imidazole rings is 1. The van der Waals surface area contributed by atoms with Crippen molar-refractivity contribution in [3.8, 4) is 5.69 Å². The molecule has 1 aromatic heterocycles. The molecule has 0 saturated heterocycles. The second-order valence-corrected chi connectivity index (χ2v) is 3.49. The summed E-state index contributed by atoms with van der Waals surface area (Å²) < 4.78 is 2.00. The highest BCUT2D eigenvalue weighted by Crippen LogP contribution is 2.17. The maximum Gasteiger partial charge on any atom is 0.0994 e.